The zero-order valence-corrected chi connectivity index (χ0v) is 27.4. The van der Waals surface area contributed by atoms with Gasteiger partial charge in [-0.1, -0.05) is 32.8 Å². The lowest BCUT2D eigenvalue weighted by Crippen LogP contribution is -2.18. The normalized spacial score (nSPS) is 12.5. The number of esters is 2. The number of thioether (sulfide) groups is 2. The Morgan fingerprint density at radius 3 is 1.62 bits per heavy atom. The lowest BCUT2D eigenvalue weighted by Gasteiger charge is -2.16. The standard InChI is InChI=1S/C32H50O8S2/c1-5-11-24(31(37)39-7-3)17-21-41-19-9-13-23-15-16-27(29(33)34)28(30(35)36)26(23)14-10-20-42-22-18-25(12-6-2)32(38)40-8-4/h15-16,24-25H,5-14,17-22H2,1-4H3,(H,33,34)(H,35,36). The third-order valence-electron chi connectivity index (χ3n) is 7.04. The number of rotatable bonds is 24. The third-order valence-corrected chi connectivity index (χ3v) is 9.24. The van der Waals surface area contributed by atoms with Gasteiger partial charge in [0.25, 0.3) is 0 Å². The van der Waals surface area contributed by atoms with Gasteiger partial charge < -0.3 is 19.7 Å². The topological polar surface area (TPSA) is 127 Å². The predicted molar refractivity (Wildman–Crippen MR) is 171 cm³/mol. The molecule has 0 fully saturated rings. The minimum Gasteiger partial charge on any atom is -0.478 e. The molecule has 0 aliphatic rings. The molecule has 0 aliphatic carbocycles. The van der Waals surface area contributed by atoms with Crippen LogP contribution in [0.2, 0.25) is 0 Å². The second kappa shape index (κ2) is 22.4. The fourth-order valence-corrected chi connectivity index (χ4v) is 6.99. The highest BCUT2D eigenvalue weighted by Gasteiger charge is 2.23. The van der Waals surface area contributed by atoms with Gasteiger partial charge in [-0.15, -0.1) is 0 Å². The third kappa shape index (κ3) is 13.8. The molecule has 0 bridgehead atoms. The Morgan fingerprint density at radius 1 is 0.690 bits per heavy atom. The van der Waals surface area contributed by atoms with E-state index in [9.17, 15) is 29.4 Å². The quantitative estimate of drug-likeness (QED) is 0.0902. The first kappa shape index (κ1) is 37.8. The molecule has 0 heterocycles. The highest BCUT2D eigenvalue weighted by molar-refractivity contribution is 7.99. The summed E-state index contributed by atoms with van der Waals surface area (Å²) in [6.45, 7) is 8.51. The van der Waals surface area contributed by atoms with E-state index in [0.29, 0.717) is 38.0 Å². The van der Waals surface area contributed by atoms with E-state index in [-0.39, 0.29) is 34.9 Å². The second-order valence-electron chi connectivity index (χ2n) is 10.2. The van der Waals surface area contributed by atoms with E-state index in [1.54, 1.807) is 29.6 Å². The molecule has 2 atom stereocenters. The Kier molecular flexibility index (Phi) is 20.1. The molecule has 0 radical (unpaired) electrons. The summed E-state index contributed by atoms with van der Waals surface area (Å²) >= 11 is 3.49. The van der Waals surface area contributed by atoms with Gasteiger partial charge >= 0.3 is 23.9 Å². The van der Waals surface area contributed by atoms with E-state index < -0.39 is 11.9 Å². The summed E-state index contributed by atoms with van der Waals surface area (Å²) in [5.41, 5.74) is 1.19. The number of hydrogen-bond acceptors (Lipinski definition) is 8. The molecule has 0 amide bonds. The molecule has 1 aromatic rings. The lowest BCUT2D eigenvalue weighted by molar-refractivity contribution is -0.149. The number of benzene rings is 1. The average Bonchev–Trinajstić information content (AvgIpc) is 2.95. The van der Waals surface area contributed by atoms with Gasteiger partial charge in [-0.25, -0.2) is 9.59 Å². The van der Waals surface area contributed by atoms with E-state index in [1.807, 2.05) is 13.8 Å². The van der Waals surface area contributed by atoms with Crippen molar-refractivity contribution in [3.8, 4) is 0 Å². The number of aromatic carboxylic acids is 2. The Labute approximate surface area is 260 Å². The SMILES string of the molecule is CCCC(CCSCCCc1ccc(C(=O)O)c(C(=O)O)c1CCCSCCC(CCC)C(=O)OCC)C(=O)OCC. The van der Waals surface area contributed by atoms with Crippen molar-refractivity contribution in [1.29, 1.82) is 0 Å². The molecule has 1 rings (SSSR count). The van der Waals surface area contributed by atoms with Gasteiger partial charge in [-0.2, -0.15) is 23.5 Å². The molecule has 8 nitrogen and oxygen atoms in total. The maximum atomic E-state index is 12.2. The number of carboxylic acid groups (broad SMARTS) is 2. The van der Waals surface area contributed by atoms with Gasteiger partial charge in [0.1, 0.15) is 0 Å². The van der Waals surface area contributed by atoms with Crippen molar-refractivity contribution < 1.29 is 38.9 Å². The van der Waals surface area contributed by atoms with Crippen LogP contribution >= 0.6 is 23.5 Å². The lowest BCUT2D eigenvalue weighted by atomic mass is 9.91. The van der Waals surface area contributed by atoms with Gasteiger partial charge in [0.05, 0.1) is 36.2 Å². The number of hydrogen-bond donors (Lipinski definition) is 2. The first-order valence-corrected chi connectivity index (χ1v) is 17.6. The number of ether oxygens (including phenoxy) is 2. The van der Waals surface area contributed by atoms with Crippen LogP contribution in [0.15, 0.2) is 12.1 Å². The summed E-state index contributed by atoms with van der Waals surface area (Å²) in [5, 5.41) is 19.6. The van der Waals surface area contributed by atoms with Crippen molar-refractivity contribution in [3.63, 3.8) is 0 Å². The van der Waals surface area contributed by atoms with Crippen LogP contribution in [0.3, 0.4) is 0 Å². The Hall–Kier alpha value is -2.20. The zero-order chi connectivity index (χ0) is 31.3. The fraction of sp³-hybridized carbons (Fsp3) is 0.688. The highest BCUT2D eigenvalue weighted by Crippen LogP contribution is 2.26. The average molecular weight is 627 g/mol. The number of carboxylic acids is 2. The Bertz CT molecular complexity index is 982. The fourth-order valence-electron chi connectivity index (χ4n) is 4.98. The van der Waals surface area contributed by atoms with Crippen LogP contribution in [0.5, 0.6) is 0 Å². The van der Waals surface area contributed by atoms with E-state index in [2.05, 4.69) is 13.8 Å². The van der Waals surface area contributed by atoms with Crippen molar-refractivity contribution in [1.82, 2.24) is 0 Å². The minimum absolute atomic E-state index is 0.0729. The molecule has 0 aromatic heterocycles. The first-order valence-electron chi connectivity index (χ1n) is 15.3. The molecule has 10 heteroatoms. The number of carbonyl (C=O) groups excluding carboxylic acids is 2. The van der Waals surface area contributed by atoms with Crippen molar-refractivity contribution in [2.45, 2.75) is 91.9 Å². The van der Waals surface area contributed by atoms with Crippen molar-refractivity contribution in [2.75, 3.05) is 36.2 Å². The van der Waals surface area contributed by atoms with E-state index >= 15 is 0 Å². The van der Waals surface area contributed by atoms with Crippen LogP contribution in [0.1, 0.15) is 111 Å². The smallest absolute Gasteiger partial charge is 0.336 e. The molecule has 0 saturated carbocycles. The molecule has 0 aliphatic heterocycles. The van der Waals surface area contributed by atoms with Crippen LogP contribution in [0.4, 0.5) is 0 Å². The molecule has 238 valence electrons. The van der Waals surface area contributed by atoms with Crippen molar-refractivity contribution >= 4 is 47.4 Å². The monoisotopic (exact) mass is 626 g/mol. The van der Waals surface area contributed by atoms with E-state index in [4.69, 9.17) is 9.47 Å². The summed E-state index contributed by atoms with van der Waals surface area (Å²) in [5.74, 6) is 0.411. The largest absolute Gasteiger partial charge is 0.478 e. The first-order chi connectivity index (χ1) is 20.2. The van der Waals surface area contributed by atoms with Crippen LogP contribution in [0, 0.1) is 11.8 Å². The zero-order valence-electron chi connectivity index (χ0n) is 25.8. The predicted octanol–water partition coefficient (Wildman–Crippen LogP) is 7.15. The van der Waals surface area contributed by atoms with Crippen molar-refractivity contribution in [2.24, 2.45) is 11.8 Å². The van der Waals surface area contributed by atoms with Gasteiger partial charge in [0.2, 0.25) is 0 Å². The van der Waals surface area contributed by atoms with Gasteiger partial charge in [-0.05, 0) is 105 Å². The molecule has 2 unspecified atom stereocenters. The molecule has 42 heavy (non-hydrogen) atoms. The minimum atomic E-state index is -1.24. The van der Waals surface area contributed by atoms with Gasteiger partial charge in [-0.3, -0.25) is 9.59 Å². The molecule has 2 N–H and O–H groups in total. The van der Waals surface area contributed by atoms with Gasteiger partial charge in [0, 0.05) is 0 Å². The van der Waals surface area contributed by atoms with Crippen LogP contribution in [0.25, 0.3) is 0 Å². The molecule has 1 aromatic carbocycles. The molecular weight excluding hydrogens is 576 g/mol. The van der Waals surface area contributed by atoms with Crippen LogP contribution in [-0.4, -0.2) is 70.3 Å². The Balaban J connectivity index is 2.75. The van der Waals surface area contributed by atoms with E-state index in [0.717, 1.165) is 73.5 Å². The summed E-state index contributed by atoms with van der Waals surface area (Å²) < 4.78 is 10.4. The summed E-state index contributed by atoms with van der Waals surface area (Å²) in [6.07, 6.45) is 7.65. The molecule has 0 saturated heterocycles. The maximum absolute atomic E-state index is 12.2. The van der Waals surface area contributed by atoms with Gasteiger partial charge in [0.15, 0.2) is 0 Å². The van der Waals surface area contributed by atoms with Crippen molar-refractivity contribution in [3.05, 3.63) is 34.4 Å². The van der Waals surface area contributed by atoms with Crippen LogP contribution < -0.4 is 0 Å². The Morgan fingerprint density at radius 2 is 1.19 bits per heavy atom. The number of carbonyl (C=O) groups is 4. The van der Waals surface area contributed by atoms with Crippen LogP contribution in [-0.2, 0) is 31.9 Å². The summed E-state index contributed by atoms with van der Waals surface area (Å²) in [7, 11) is 0. The molecular formula is C32H50O8S2. The number of aryl methyl sites for hydroxylation is 1. The summed E-state index contributed by atoms with van der Waals surface area (Å²) in [6, 6.07) is 3.17. The highest BCUT2D eigenvalue weighted by atomic mass is 32.2. The maximum Gasteiger partial charge on any atom is 0.336 e. The second-order valence-corrected chi connectivity index (χ2v) is 12.7. The molecule has 0 spiro atoms. The summed E-state index contributed by atoms with van der Waals surface area (Å²) in [4.78, 5) is 48.3. The van der Waals surface area contributed by atoms with E-state index in [1.165, 1.54) is 6.07 Å².